The zero-order valence-corrected chi connectivity index (χ0v) is 13.0. The van der Waals surface area contributed by atoms with Gasteiger partial charge in [-0.25, -0.2) is 0 Å². The number of allylic oxidation sites excluding steroid dienone is 2. The molecule has 108 valence electrons. The first kappa shape index (κ1) is 15.1. The molecule has 0 unspecified atom stereocenters. The first-order chi connectivity index (χ1) is 9.92. The van der Waals surface area contributed by atoms with E-state index < -0.39 is 0 Å². The van der Waals surface area contributed by atoms with E-state index >= 15 is 0 Å². The lowest BCUT2D eigenvalue weighted by Crippen LogP contribution is -2.10. The maximum atomic E-state index is 12.4. The molecule has 0 atom stereocenters. The van der Waals surface area contributed by atoms with E-state index in [0.717, 1.165) is 11.1 Å². The van der Waals surface area contributed by atoms with Gasteiger partial charge in [0.05, 0.1) is 0 Å². The molecular formula is C18H20N2O. The van der Waals surface area contributed by atoms with Crippen molar-refractivity contribution in [3.63, 3.8) is 0 Å². The van der Waals surface area contributed by atoms with Crippen LogP contribution in [-0.4, -0.2) is 24.8 Å². The first-order valence-corrected chi connectivity index (χ1v) is 7.08. The standard InChI is InChI=1S/C18H20N2O/c1-12(2)13-5-6-14-8-16(9-15(14)7-13)18(21)17(10-19)11-20(3)4/h5-7,9,11-12H,8H2,1-4H3. The minimum absolute atomic E-state index is 0.173. The predicted molar refractivity (Wildman–Crippen MR) is 84.6 cm³/mol. The van der Waals surface area contributed by atoms with E-state index in [1.807, 2.05) is 12.1 Å². The molecule has 0 aliphatic heterocycles. The highest BCUT2D eigenvalue weighted by Gasteiger charge is 2.22. The van der Waals surface area contributed by atoms with Crippen molar-refractivity contribution in [1.82, 2.24) is 4.90 Å². The number of ketones is 1. The van der Waals surface area contributed by atoms with Gasteiger partial charge in [-0.3, -0.25) is 4.79 Å². The number of nitrogens with zero attached hydrogens (tertiary/aromatic N) is 2. The smallest absolute Gasteiger partial charge is 0.201 e. The number of hydrogen-bond donors (Lipinski definition) is 0. The SMILES string of the molecule is CC(C)c1ccc2c(c1)C=C(C(=O)C(C#N)=CN(C)C)C2. The van der Waals surface area contributed by atoms with Gasteiger partial charge in [0.25, 0.3) is 0 Å². The molecule has 0 amide bonds. The summed E-state index contributed by atoms with van der Waals surface area (Å²) in [5.41, 5.74) is 4.41. The van der Waals surface area contributed by atoms with E-state index in [1.54, 1.807) is 25.2 Å². The van der Waals surface area contributed by atoms with Crippen LogP contribution in [-0.2, 0) is 11.2 Å². The van der Waals surface area contributed by atoms with Crippen molar-refractivity contribution in [2.45, 2.75) is 26.2 Å². The van der Waals surface area contributed by atoms with E-state index in [1.165, 1.54) is 5.56 Å². The largest absolute Gasteiger partial charge is 0.382 e. The number of benzene rings is 1. The fraction of sp³-hybridized carbons (Fsp3) is 0.333. The summed E-state index contributed by atoms with van der Waals surface area (Å²) in [4.78, 5) is 14.1. The first-order valence-electron chi connectivity index (χ1n) is 7.08. The Bertz CT molecular complexity index is 673. The lowest BCUT2D eigenvalue weighted by molar-refractivity contribution is -0.111. The van der Waals surface area contributed by atoms with Crippen molar-refractivity contribution < 1.29 is 4.79 Å². The molecule has 1 aliphatic rings. The molecule has 0 radical (unpaired) electrons. The summed E-state index contributed by atoms with van der Waals surface area (Å²) in [6.07, 6.45) is 4.11. The van der Waals surface area contributed by atoms with Crippen LogP contribution >= 0.6 is 0 Å². The number of hydrogen-bond acceptors (Lipinski definition) is 3. The minimum atomic E-state index is -0.173. The lowest BCUT2D eigenvalue weighted by atomic mass is 9.98. The van der Waals surface area contributed by atoms with Crippen LogP contribution in [0.3, 0.4) is 0 Å². The Morgan fingerprint density at radius 1 is 1.38 bits per heavy atom. The van der Waals surface area contributed by atoms with Crippen molar-refractivity contribution in [3.05, 3.63) is 52.2 Å². The highest BCUT2D eigenvalue weighted by molar-refractivity contribution is 6.14. The second kappa shape index (κ2) is 5.97. The summed E-state index contributed by atoms with van der Waals surface area (Å²) in [6.45, 7) is 4.31. The molecule has 0 saturated heterocycles. The second-order valence-electron chi connectivity index (χ2n) is 5.91. The fourth-order valence-corrected chi connectivity index (χ4v) is 2.43. The normalized spacial score (nSPS) is 13.7. The third-order valence-corrected chi connectivity index (χ3v) is 3.59. The van der Waals surface area contributed by atoms with Crippen LogP contribution in [0, 0.1) is 11.3 Å². The van der Waals surface area contributed by atoms with Crippen molar-refractivity contribution in [3.8, 4) is 6.07 Å². The van der Waals surface area contributed by atoms with Crippen LogP contribution in [0.15, 0.2) is 35.5 Å². The second-order valence-corrected chi connectivity index (χ2v) is 5.91. The van der Waals surface area contributed by atoms with E-state index in [-0.39, 0.29) is 11.4 Å². The van der Waals surface area contributed by atoms with Crippen LogP contribution in [0.2, 0.25) is 0 Å². The molecule has 3 nitrogen and oxygen atoms in total. The van der Waals surface area contributed by atoms with Crippen molar-refractivity contribution in [1.29, 1.82) is 5.26 Å². The molecule has 2 rings (SSSR count). The third-order valence-electron chi connectivity index (χ3n) is 3.59. The molecule has 0 aromatic heterocycles. The van der Waals surface area contributed by atoms with Gasteiger partial charge in [-0.2, -0.15) is 5.26 Å². The minimum Gasteiger partial charge on any atom is -0.382 e. The molecule has 0 spiro atoms. The van der Waals surface area contributed by atoms with Crippen LogP contribution in [0.25, 0.3) is 6.08 Å². The van der Waals surface area contributed by atoms with E-state index in [9.17, 15) is 4.79 Å². The van der Waals surface area contributed by atoms with Gasteiger partial charge in [0, 0.05) is 32.3 Å². The molecule has 3 heteroatoms. The summed E-state index contributed by atoms with van der Waals surface area (Å²) in [5, 5.41) is 9.15. The molecule has 1 aliphatic carbocycles. The molecular weight excluding hydrogens is 260 g/mol. The topological polar surface area (TPSA) is 44.1 Å². The third kappa shape index (κ3) is 3.22. The average Bonchev–Trinajstić information content (AvgIpc) is 2.86. The maximum Gasteiger partial charge on any atom is 0.201 e. The maximum absolute atomic E-state index is 12.4. The van der Waals surface area contributed by atoms with Crippen molar-refractivity contribution in [2.75, 3.05) is 14.1 Å². The molecule has 0 fully saturated rings. The number of Topliss-reactive ketones (excluding diaryl/α,β-unsaturated/α-hetero) is 1. The Morgan fingerprint density at radius 3 is 2.67 bits per heavy atom. The molecule has 1 aromatic rings. The predicted octanol–water partition coefficient (Wildman–Crippen LogP) is 3.29. The Hall–Kier alpha value is -2.34. The Morgan fingerprint density at radius 2 is 2.10 bits per heavy atom. The number of rotatable bonds is 4. The van der Waals surface area contributed by atoms with Gasteiger partial charge in [0.2, 0.25) is 5.78 Å². The quantitative estimate of drug-likeness (QED) is 0.628. The molecule has 0 saturated carbocycles. The number of carbonyl (C=O) groups excluding carboxylic acids is 1. The van der Waals surface area contributed by atoms with E-state index in [0.29, 0.717) is 17.9 Å². The van der Waals surface area contributed by atoms with Gasteiger partial charge in [0.1, 0.15) is 11.6 Å². The van der Waals surface area contributed by atoms with Gasteiger partial charge in [-0.15, -0.1) is 0 Å². The van der Waals surface area contributed by atoms with Crippen molar-refractivity contribution >= 4 is 11.9 Å². The zero-order valence-electron chi connectivity index (χ0n) is 13.0. The Balaban J connectivity index is 2.30. The van der Waals surface area contributed by atoms with E-state index in [2.05, 4.69) is 32.0 Å². The van der Waals surface area contributed by atoms with Gasteiger partial charge in [0.15, 0.2) is 0 Å². The zero-order chi connectivity index (χ0) is 15.6. The number of fused-ring (bicyclic) bond motifs is 1. The van der Waals surface area contributed by atoms with Crippen LogP contribution in [0.5, 0.6) is 0 Å². The molecule has 0 bridgehead atoms. The van der Waals surface area contributed by atoms with Crippen LogP contribution in [0.4, 0.5) is 0 Å². The summed E-state index contributed by atoms with van der Waals surface area (Å²) < 4.78 is 0. The molecule has 1 aromatic carbocycles. The molecule has 0 heterocycles. The summed E-state index contributed by atoms with van der Waals surface area (Å²) in [6, 6.07) is 8.34. The summed E-state index contributed by atoms with van der Waals surface area (Å²) in [7, 11) is 3.61. The highest BCUT2D eigenvalue weighted by Crippen LogP contribution is 2.29. The van der Waals surface area contributed by atoms with Gasteiger partial charge >= 0.3 is 0 Å². The fourth-order valence-electron chi connectivity index (χ4n) is 2.43. The van der Waals surface area contributed by atoms with Gasteiger partial charge in [-0.05, 0) is 28.7 Å². The Kier molecular flexibility index (Phi) is 4.28. The lowest BCUT2D eigenvalue weighted by Gasteiger charge is -2.07. The average molecular weight is 280 g/mol. The van der Waals surface area contributed by atoms with Gasteiger partial charge < -0.3 is 4.90 Å². The van der Waals surface area contributed by atoms with Crippen molar-refractivity contribution in [2.24, 2.45) is 0 Å². The number of carbonyl (C=O) groups is 1. The summed E-state index contributed by atoms with van der Waals surface area (Å²) in [5.74, 6) is 0.292. The van der Waals surface area contributed by atoms with E-state index in [4.69, 9.17) is 5.26 Å². The monoisotopic (exact) mass is 280 g/mol. The van der Waals surface area contributed by atoms with Crippen LogP contribution in [0.1, 0.15) is 36.5 Å². The molecule has 0 N–H and O–H groups in total. The van der Waals surface area contributed by atoms with Crippen LogP contribution < -0.4 is 0 Å². The number of nitriles is 1. The molecule has 21 heavy (non-hydrogen) atoms. The highest BCUT2D eigenvalue weighted by atomic mass is 16.1. The van der Waals surface area contributed by atoms with Gasteiger partial charge in [-0.1, -0.05) is 32.0 Å². The Labute approximate surface area is 126 Å². The summed E-state index contributed by atoms with van der Waals surface area (Å²) >= 11 is 0.